The predicted octanol–water partition coefficient (Wildman–Crippen LogP) is 2.90. The molecule has 0 aliphatic heterocycles. The zero-order chi connectivity index (χ0) is 22.5. The number of nitro groups is 1. The Morgan fingerprint density at radius 3 is 2.70 bits per heavy atom. The topological polar surface area (TPSA) is 126 Å². The largest absolute Gasteiger partial charge is 0.461 e. The number of aryl methyl sites for hydroxylation is 1. The van der Waals surface area contributed by atoms with Crippen LogP contribution in [0.15, 0.2) is 30.5 Å². The highest BCUT2D eigenvalue weighted by atomic mass is 19.3. The summed E-state index contributed by atoms with van der Waals surface area (Å²) < 4.78 is 60.0. The van der Waals surface area contributed by atoms with E-state index in [9.17, 15) is 37.3 Å². The second kappa shape index (κ2) is 9.19. The van der Waals surface area contributed by atoms with E-state index in [4.69, 9.17) is 4.74 Å². The van der Waals surface area contributed by atoms with Crippen molar-refractivity contribution in [3.63, 3.8) is 0 Å². The third-order valence-electron chi connectivity index (χ3n) is 3.57. The van der Waals surface area contributed by atoms with E-state index in [0.29, 0.717) is 5.69 Å². The normalized spacial score (nSPS) is 11.3. The minimum atomic E-state index is -4.76. The van der Waals surface area contributed by atoms with Crippen molar-refractivity contribution in [2.24, 2.45) is 0 Å². The lowest BCUT2D eigenvalue weighted by Crippen LogP contribution is -2.34. The SMILES string of the molecule is Cc1cnc([N+](=O)[O-])n1CCOC(=O)NC(=O)c1cccc(OC(F)(F)C(F)F)c1. The standard InChI is InChI=1S/C16H14F4N4O6/c1-9-8-21-14(24(27)28)23(9)5-6-29-15(26)22-12(25)10-3-2-4-11(7-10)30-16(19,20)13(17)18/h2-4,7-8,13H,5-6H2,1H3,(H,22,25,26). The van der Waals surface area contributed by atoms with Gasteiger partial charge >= 0.3 is 24.6 Å². The molecule has 2 amide bonds. The number of alkyl carbamates (subject to hydrolysis) is 1. The van der Waals surface area contributed by atoms with Crippen LogP contribution in [0.1, 0.15) is 16.1 Å². The van der Waals surface area contributed by atoms with Crippen molar-refractivity contribution >= 4 is 17.9 Å². The molecule has 1 aromatic carbocycles. The number of carbonyl (C=O) groups excluding carboxylic acids is 2. The number of benzene rings is 1. The van der Waals surface area contributed by atoms with Crippen LogP contribution in [0.4, 0.5) is 28.3 Å². The maximum absolute atomic E-state index is 12.9. The summed E-state index contributed by atoms with van der Waals surface area (Å²) in [7, 11) is 0. The molecular weight excluding hydrogens is 420 g/mol. The molecule has 0 radical (unpaired) electrons. The molecule has 14 heteroatoms. The van der Waals surface area contributed by atoms with Crippen LogP contribution in [0.2, 0.25) is 0 Å². The van der Waals surface area contributed by atoms with Crippen molar-refractivity contribution in [3.8, 4) is 5.75 Å². The number of nitrogens with zero attached hydrogens (tertiary/aromatic N) is 3. The molecule has 162 valence electrons. The van der Waals surface area contributed by atoms with E-state index in [1.165, 1.54) is 10.8 Å². The van der Waals surface area contributed by atoms with Crippen LogP contribution in [-0.4, -0.2) is 45.6 Å². The fourth-order valence-electron chi connectivity index (χ4n) is 2.20. The van der Waals surface area contributed by atoms with Crippen LogP contribution in [0.3, 0.4) is 0 Å². The number of aromatic nitrogens is 2. The van der Waals surface area contributed by atoms with Gasteiger partial charge in [0.2, 0.25) is 0 Å². The molecule has 0 unspecified atom stereocenters. The molecule has 2 rings (SSSR count). The molecule has 0 atom stereocenters. The first-order valence-electron chi connectivity index (χ1n) is 8.11. The van der Waals surface area contributed by atoms with Crippen LogP contribution >= 0.6 is 0 Å². The Balaban J connectivity index is 1.92. The Morgan fingerprint density at radius 2 is 2.07 bits per heavy atom. The molecule has 0 fully saturated rings. The number of hydrogen-bond donors (Lipinski definition) is 1. The van der Waals surface area contributed by atoms with Crippen molar-refractivity contribution in [2.75, 3.05) is 6.61 Å². The summed E-state index contributed by atoms with van der Waals surface area (Å²) in [4.78, 5) is 37.4. The molecule has 0 saturated heterocycles. The second-order valence-electron chi connectivity index (χ2n) is 5.69. The van der Waals surface area contributed by atoms with Gasteiger partial charge in [-0.2, -0.15) is 17.6 Å². The summed E-state index contributed by atoms with van der Waals surface area (Å²) >= 11 is 0. The van der Waals surface area contributed by atoms with E-state index in [-0.39, 0.29) is 18.7 Å². The lowest BCUT2D eigenvalue weighted by atomic mass is 10.2. The van der Waals surface area contributed by atoms with E-state index >= 15 is 0 Å². The van der Waals surface area contributed by atoms with Crippen LogP contribution < -0.4 is 10.1 Å². The quantitative estimate of drug-likeness (QED) is 0.385. The van der Waals surface area contributed by atoms with Gasteiger partial charge in [0.25, 0.3) is 5.91 Å². The number of halogens is 4. The molecule has 1 heterocycles. The van der Waals surface area contributed by atoms with Crippen LogP contribution in [0.5, 0.6) is 5.75 Å². The maximum Gasteiger partial charge on any atom is 0.461 e. The van der Waals surface area contributed by atoms with E-state index < -0.39 is 41.2 Å². The minimum Gasteiger partial charge on any atom is -0.446 e. The first-order valence-corrected chi connectivity index (χ1v) is 8.11. The fourth-order valence-corrected chi connectivity index (χ4v) is 2.20. The van der Waals surface area contributed by atoms with Gasteiger partial charge in [0, 0.05) is 5.56 Å². The van der Waals surface area contributed by atoms with Crippen LogP contribution in [0, 0.1) is 17.0 Å². The van der Waals surface area contributed by atoms with Gasteiger partial charge in [-0.05, 0) is 30.0 Å². The number of alkyl halides is 4. The van der Waals surface area contributed by atoms with Crippen molar-refractivity contribution in [1.82, 2.24) is 14.9 Å². The Bertz CT molecular complexity index is 950. The number of ether oxygens (including phenoxy) is 2. The molecular formula is C16H14F4N4O6. The summed E-state index contributed by atoms with van der Waals surface area (Å²) in [6, 6.07) is 3.86. The molecule has 0 saturated carbocycles. The maximum atomic E-state index is 12.9. The summed E-state index contributed by atoms with van der Waals surface area (Å²) in [6.45, 7) is 1.09. The first-order chi connectivity index (χ1) is 14.0. The third kappa shape index (κ3) is 5.65. The highest BCUT2D eigenvalue weighted by molar-refractivity contribution is 6.03. The molecule has 30 heavy (non-hydrogen) atoms. The van der Waals surface area contributed by atoms with Gasteiger partial charge in [-0.25, -0.2) is 9.36 Å². The number of rotatable bonds is 8. The number of nitrogens with one attached hydrogen (secondary N) is 1. The fraction of sp³-hybridized carbons (Fsp3) is 0.312. The second-order valence-corrected chi connectivity index (χ2v) is 5.69. The molecule has 10 nitrogen and oxygen atoms in total. The Kier molecular flexibility index (Phi) is 6.92. The predicted molar refractivity (Wildman–Crippen MR) is 90.5 cm³/mol. The van der Waals surface area contributed by atoms with Crippen molar-refractivity contribution in [1.29, 1.82) is 0 Å². The van der Waals surface area contributed by atoms with Crippen molar-refractivity contribution < 1.29 is 41.5 Å². The van der Waals surface area contributed by atoms with Crippen molar-refractivity contribution in [2.45, 2.75) is 26.0 Å². The summed E-state index contributed by atoms with van der Waals surface area (Å²) in [5.74, 6) is -2.25. The van der Waals surface area contributed by atoms with Gasteiger partial charge in [0.15, 0.2) is 0 Å². The van der Waals surface area contributed by atoms with Gasteiger partial charge in [-0.15, -0.1) is 0 Å². The number of hydrogen-bond acceptors (Lipinski definition) is 7. The summed E-state index contributed by atoms with van der Waals surface area (Å²) in [5.41, 5.74) is 0.106. The van der Waals surface area contributed by atoms with E-state index in [1.54, 1.807) is 12.2 Å². The molecule has 0 aliphatic rings. The smallest absolute Gasteiger partial charge is 0.446 e. The van der Waals surface area contributed by atoms with Crippen LogP contribution in [0.25, 0.3) is 0 Å². The van der Waals surface area contributed by atoms with Gasteiger partial charge in [-0.3, -0.25) is 10.1 Å². The average Bonchev–Trinajstić information content (AvgIpc) is 3.02. The van der Waals surface area contributed by atoms with Crippen LogP contribution in [-0.2, 0) is 11.3 Å². The lowest BCUT2D eigenvalue weighted by molar-refractivity contribution is -0.396. The van der Waals surface area contributed by atoms with Crippen molar-refractivity contribution in [3.05, 3.63) is 51.8 Å². The lowest BCUT2D eigenvalue weighted by Gasteiger charge is -2.17. The van der Waals surface area contributed by atoms with E-state index in [1.807, 2.05) is 0 Å². The number of carbonyl (C=O) groups is 2. The van der Waals surface area contributed by atoms with Gasteiger partial charge < -0.3 is 19.6 Å². The molecule has 0 spiro atoms. The number of imidazole rings is 1. The Labute approximate surface area is 165 Å². The van der Waals surface area contributed by atoms with E-state index in [2.05, 4.69) is 9.72 Å². The molecule has 2 aromatic rings. The molecule has 0 aliphatic carbocycles. The third-order valence-corrected chi connectivity index (χ3v) is 3.57. The Hall–Kier alpha value is -3.71. The summed E-state index contributed by atoms with van der Waals surface area (Å²) in [5, 5.41) is 12.6. The number of amides is 2. The van der Waals surface area contributed by atoms with E-state index in [0.717, 1.165) is 24.3 Å². The highest BCUT2D eigenvalue weighted by Crippen LogP contribution is 2.27. The molecule has 1 aromatic heterocycles. The number of imide groups is 1. The van der Waals surface area contributed by atoms with Gasteiger partial charge in [0.1, 0.15) is 30.8 Å². The first kappa shape index (κ1) is 22.6. The summed E-state index contributed by atoms with van der Waals surface area (Å²) in [6.07, 6.45) is -8.80. The average molecular weight is 434 g/mol. The monoisotopic (exact) mass is 434 g/mol. The zero-order valence-electron chi connectivity index (χ0n) is 15.2. The molecule has 1 N–H and O–H groups in total. The zero-order valence-corrected chi connectivity index (χ0v) is 15.2. The highest BCUT2D eigenvalue weighted by Gasteiger charge is 2.44. The molecule has 0 bridgehead atoms. The Morgan fingerprint density at radius 1 is 1.37 bits per heavy atom. The van der Waals surface area contributed by atoms with Gasteiger partial charge in [0.05, 0.1) is 0 Å². The van der Waals surface area contributed by atoms with Gasteiger partial charge in [-0.1, -0.05) is 11.1 Å². The minimum absolute atomic E-state index is 0.115.